The van der Waals surface area contributed by atoms with Crippen LogP contribution in [0.25, 0.3) is 0 Å². The number of carbonyl (C=O) groups excluding carboxylic acids is 1. The molecule has 5 heteroatoms. The fraction of sp³-hybridized carbons (Fsp3) is 0.875. The van der Waals surface area contributed by atoms with E-state index in [2.05, 4.69) is 0 Å². The molecule has 0 radical (unpaired) electrons. The van der Waals surface area contributed by atoms with Crippen LogP contribution in [-0.2, 0) is 19.1 Å². The molecule has 0 aliphatic heterocycles. The predicted octanol–water partition coefficient (Wildman–Crippen LogP) is 2.58. The molecule has 0 spiro atoms. The second kappa shape index (κ2) is 5.95. The maximum Gasteiger partial charge on any atom is 0.319 e. The van der Waals surface area contributed by atoms with E-state index in [1.54, 1.807) is 0 Å². The van der Waals surface area contributed by atoms with Gasteiger partial charge in [0.1, 0.15) is 6.42 Å². The second-order valence-electron chi connectivity index (χ2n) is 6.73. The Morgan fingerprint density at radius 1 is 1.19 bits per heavy atom. The zero-order valence-electron chi connectivity index (χ0n) is 12.5. The largest absolute Gasteiger partial charge is 0.481 e. The number of carboxylic acids is 1. The zero-order valence-corrected chi connectivity index (χ0v) is 12.5. The minimum Gasteiger partial charge on any atom is -0.481 e. The van der Waals surface area contributed by atoms with Gasteiger partial charge in [0.25, 0.3) is 0 Å². The molecule has 0 amide bonds. The lowest BCUT2D eigenvalue weighted by molar-refractivity contribution is -0.199. The normalized spacial score (nSPS) is 38.2. The first-order chi connectivity index (χ1) is 10.1. The fourth-order valence-electron chi connectivity index (χ4n) is 4.88. The third kappa shape index (κ3) is 2.93. The molecule has 0 aromatic rings. The predicted molar refractivity (Wildman–Crippen MR) is 74.3 cm³/mol. The molecule has 3 saturated carbocycles. The van der Waals surface area contributed by atoms with E-state index in [1.807, 2.05) is 6.92 Å². The van der Waals surface area contributed by atoms with E-state index < -0.39 is 24.6 Å². The SMILES string of the molecule is CCC(OC(=O)CC(=O)O)OC1CC2CC1C1CCCC21. The summed E-state index contributed by atoms with van der Waals surface area (Å²) >= 11 is 0. The summed E-state index contributed by atoms with van der Waals surface area (Å²) < 4.78 is 11.2. The van der Waals surface area contributed by atoms with Crippen LogP contribution in [0, 0.1) is 23.7 Å². The molecule has 3 aliphatic carbocycles. The van der Waals surface area contributed by atoms with E-state index in [9.17, 15) is 9.59 Å². The van der Waals surface area contributed by atoms with Gasteiger partial charge in [0.15, 0.2) is 0 Å². The van der Waals surface area contributed by atoms with Gasteiger partial charge in [-0.15, -0.1) is 0 Å². The Bertz CT molecular complexity index is 421. The number of fused-ring (bicyclic) bond motifs is 5. The Morgan fingerprint density at radius 3 is 2.67 bits per heavy atom. The van der Waals surface area contributed by atoms with E-state index in [0.29, 0.717) is 12.3 Å². The van der Waals surface area contributed by atoms with Crippen molar-refractivity contribution in [1.82, 2.24) is 0 Å². The molecule has 0 saturated heterocycles. The molecule has 21 heavy (non-hydrogen) atoms. The van der Waals surface area contributed by atoms with Crippen molar-refractivity contribution in [2.75, 3.05) is 0 Å². The fourth-order valence-corrected chi connectivity index (χ4v) is 4.88. The average molecular weight is 296 g/mol. The Morgan fingerprint density at radius 2 is 1.95 bits per heavy atom. The van der Waals surface area contributed by atoms with Crippen molar-refractivity contribution in [3.63, 3.8) is 0 Å². The van der Waals surface area contributed by atoms with Gasteiger partial charge in [0.05, 0.1) is 6.10 Å². The Hall–Kier alpha value is -1.10. The lowest BCUT2D eigenvalue weighted by Crippen LogP contribution is -2.35. The number of carboxylic acid groups (broad SMARTS) is 1. The lowest BCUT2D eigenvalue weighted by Gasteiger charge is -2.33. The molecule has 0 aromatic heterocycles. The highest BCUT2D eigenvalue weighted by atomic mass is 16.7. The van der Waals surface area contributed by atoms with Crippen LogP contribution >= 0.6 is 0 Å². The van der Waals surface area contributed by atoms with Crippen LogP contribution in [0.2, 0.25) is 0 Å². The minimum atomic E-state index is -1.16. The Balaban J connectivity index is 1.53. The number of hydrogen-bond donors (Lipinski definition) is 1. The quantitative estimate of drug-likeness (QED) is 0.463. The van der Waals surface area contributed by atoms with Crippen molar-refractivity contribution >= 4 is 11.9 Å². The highest BCUT2D eigenvalue weighted by Gasteiger charge is 2.54. The molecular weight excluding hydrogens is 272 g/mol. The number of hydrogen-bond acceptors (Lipinski definition) is 4. The number of aliphatic carboxylic acids is 1. The Kier molecular flexibility index (Phi) is 4.20. The topological polar surface area (TPSA) is 72.8 Å². The summed E-state index contributed by atoms with van der Waals surface area (Å²) in [6.45, 7) is 1.89. The number of rotatable bonds is 6. The summed E-state index contributed by atoms with van der Waals surface area (Å²) in [4.78, 5) is 22.0. The van der Waals surface area contributed by atoms with Gasteiger partial charge in [-0.25, -0.2) is 0 Å². The van der Waals surface area contributed by atoms with Crippen LogP contribution in [0.3, 0.4) is 0 Å². The molecular formula is C16H24O5. The summed E-state index contributed by atoms with van der Waals surface area (Å²) in [6, 6.07) is 0. The highest BCUT2D eigenvalue weighted by molar-refractivity contribution is 5.90. The molecule has 3 rings (SSSR count). The summed E-state index contributed by atoms with van der Waals surface area (Å²) in [7, 11) is 0. The molecule has 3 aliphatic rings. The van der Waals surface area contributed by atoms with Crippen LogP contribution < -0.4 is 0 Å². The standard InChI is InChI=1S/C16H24O5/c1-2-16(21-15(19)8-14(17)18)20-13-7-9-6-12(13)11-5-3-4-10(9)11/h9-13,16H,2-8H2,1H3,(H,17,18). The van der Waals surface area contributed by atoms with E-state index in [-0.39, 0.29) is 6.10 Å². The Labute approximate surface area is 125 Å². The number of ether oxygens (including phenoxy) is 2. The van der Waals surface area contributed by atoms with E-state index in [0.717, 1.165) is 24.2 Å². The van der Waals surface area contributed by atoms with Crippen LogP contribution in [0.15, 0.2) is 0 Å². The molecule has 6 atom stereocenters. The maximum atomic E-state index is 11.5. The van der Waals surface area contributed by atoms with Crippen molar-refractivity contribution in [2.24, 2.45) is 23.7 Å². The van der Waals surface area contributed by atoms with E-state index in [4.69, 9.17) is 14.6 Å². The zero-order chi connectivity index (χ0) is 15.0. The maximum absolute atomic E-state index is 11.5. The summed E-state index contributed by atoms with van der Waals surface area (Å²) in [6.07, 6.45) is 5.95. The van der Waals surface area contributed by atoms with Gasteiger partial charge in [-0.05, 0) is 49.4 Å². The molecule has 118 valence electrons. The monoisotopic (exact) mass is 296 g/mol. The van der Waals surface area contributed by atoms with Gasteiger partial charge in [0, 0.05) is 6.42 Å². The van der Waals surface area contributed by atoms with E-state index in [1.165, 1.54) is 25.7 Å². The third-order valence-electron chi connectivity index (χ3n) is 5.59. The lowest BCUT2D eigenvalue weighted by atomic mass is 9.80. The van der Waals surface area contributed by atoms with Gasteiger partial charge in [-0.3, -0.25) is 9.59 Å². The van der Waals surface area contributed by atoms with Crippen molar-refractivity contribution < 1.29 is 24.2 Å². The minimum absolute atomic E-state index is 0.192. The van der Waals surface area contributed by atoms with Crippen molar-refractivity contribution in [3.8, 4) is 0 Å². The number of esters is 1. The van der Waals surface area contributed by atoms with Crippen molar-refractivity contribution in [3.05, 3.63) is 0 Å². The smallest absolute Gasteiger partial charge is 0.319 e. The highest BCUT2D eigenvalue weighted by Crippen LogP contribution is 2.59. The molecule has 0 aromatic carbocycles. The van der Waals surface area contributed by atoms with Crippen LogP contribution in [0.5, 0.6) is 0 Å². The first kappa shape index (κ1) is 14.8. The summed E-state index contributed by atoms with van der Waals surface area (Å²) in [5.74, 6) is 1.25. The van der Waals surface area contributed by atoms with Gasteiger partial charge in [-0.1, -0.05) is 13.3 Å². The van der Waals surface area contributed by atoms with Crippen molar-refractivity contribution in [2.45, 2.75) is 64.3 Å². The van der Waals surface area contributed by atoms with Crippen LogP contribution in [-0.4, -0.2) is 29.4 Å². The van der Waals surface area contributed by atoms with Gasteiger partial charge in [0.2, 0.25) is 6.29 Å². The molecule has 1 N–H and O–H groups in total. The van der Waals surface area contributed by atoms with E-state index >= 15 is 0 Å². The van der Waals surface area contributed by atoms with Crippen LogP contribution in [0.4, 0.5) is 0 Å². The average Bonchev–Trinajstić information content (AvgIpc) is 3.08. The van der Waals surface area contributed by atoms with Gasteiger partial charge in [-0.2, -0.15) is 0 Å². The first-order valence-electron chi connectivity index (χ1n) is 8.15. The summed E-state index contributed by atoms with van der Waals surface area (Å²) in [5, 5.41) is 8.60. The second-order valence-corrected chi connectivity index (χ2v) is 6.73. The third-order valence-corrected chi connectivity index (χ3v) is 5.59. The van der Waals surface area contributed by atoms with Crippen molar-refractivity contribution in [1.29, 1.82) is 0 Å². The molecule has 0 heterocycles. The number of carbonyl (C=O) groups is 2. The molecule has 3 fully saturated rings. The first-order valence-corrected chi connectivity index (χ1v) is 8.15. The van der Waals surface area contributed by atoms with Gasteiger partial charge < -0.3 is 14.6 Å². The van der Waals surface area contributed by atoms with Crippen LogP contribution in [0.1, 0.15) is 51.9 Å². The van der Waals surface area contributed by atoms with Gasteiger partial charge >= 0.3 is 11.9 Å². The summed E-state index contributed by atoms with van der Waals surface area (Å²) in [5.41, 5.74) is 0. The molecule has 2 bridgehead atoms. The molecule has 6 unspecified atom stereocenters. The molecule has 5 nitrogen and oxygen atoms in total.